The SMILES string of the molecule is COC(OC)[C@H]1CC(c2csc3c(S(=O)(=O)C(C)(C)C)ncnc23)=C[C@@H]1O. The van der Waals surface area contributed by atoms with Crippen molar-refractivity contribution in [3.8, 4) is 0 Å². The first kappa shape index (κ1) is 20.3. The molecule has 7 nitrogen and oxygen atoms in total. The Bertz CT molecular complexity index is 971. The van der Waals surface area contributed by atoms with E-state index in [1.54, 1.807) is 26.8 Å². The Balaban J connectivity index is 2.05. The van der Waals surface area contributed by atoms with Gasteiger partial charge in [-0.2, -0.15) is 0 Å². The lowest BCUT2D eigenvalue weighted by Crippen LogP contribution is -2.30. The topological polar surface area (TPSA) is 98.6 Å². The smallest absolute Gasteiger partial charge is 0.202 e. The van der Waals surface area contributed by atoms with E-state index in [0.717, 1.165) is 11.1 Å². The van der Waals surface area contributed by atoms with Gasteiger partial charge in [0.05, 0.1) is 21.1 Å². The van der Waals surface area contributed by atoms with Crippen molar-refractivity contribution in [2.45, 2.75) is 49.4 Å². The molecule has 0 unspecified atom stereocenters. The molecule has 1 aliphatic carbocycles. The number of hydrogen-bond donors (Lipinski definition) is 1. The highest BCUT2D eigenvalue weighted by Gasteiger charge is 2.37. The molecule has 2 atom stereocenters. The summed E-state index contributed by atoms with van der Waals surface area (Å²) in [5.74, 6) is -0.232. The zero-order valence-corrected chi connectivity index (χ0v) is 17.6. The molecular formula is C18H24N2O5S2. The van der Waals surface area contributed by atoms with Gasteiger partial charge in [-0.1, -0.05) is 6.08 Å². The standard InChI is InChI=1S/C18H24N2O5S2/c1-18(2,3)27(22,23)16-15-14(19-9-20-16)12(8-26-15)10-6-11(13(21)7-10)17(24-4)25-5/h7-9,11,13,17,21H,6H2,1-5H3/t11-,13-/m0/s1. The molecule has 1 aliphatic rings. The minimum absolute atomic E-state index is 0.0543. The molecule has 0 aromatic carbocycles. The molecular weight excluding hydrogens is 388 g/mol. The first-order valence-electron chi connectivity index (χ1n) is 8.53. The molecule has 2 heterocycles. The predicted octanol–water partition coefficient (Wildman–Crippen LogP) is 2.65. The van der Waals surface area contributed by atoms with Crippen LogP contribution in [0.25, 0.3) is 15.8 Å². The monoisotopic (exact) mass is 412 g/mol. The highest BCUT2D eigenvalue weighted by Crippen LogP contribution is 2.41. The Morgan fingerprint density at radius 2 is 1.93 bits per heavy atom. The van der Waals surface area contributed by atoms with E-state index in [2.05, 4.69) is 9.97 Å². The molecule has 0 aliphatic heterocycles. The maximum absolute atomic E-state index is 12.9. The van der Waals surface area contributed by atoms with Gasteiger partial charge in [0.25, 0.3) is 0 Å². The molecule has 27 heavy (non-hydrogen) atoms. The summed E-state index contributed by atoms with van der Waals surface area (Å²) in [6.07, 6.45) is 2.36. The predicted molar refractivity (Wildman–Crippen MR) is 104 cm³/mol. The second-order valence-corrected chi connectivity index (χ2v) is 11.0. The largest absolute Gasteiger partial charge is 0.389 e. The molecule has 148 valence electrons. The number of sulfone groups is 1. The molecule has 0 radical (unpaired) electrons. The quantitative estimate of drug-likeness (QED) is 0.595. The minimum Gasteiger partial charge on any atom is -0.389 e. The number of aliphatic hydroxyl groups is 1. The Hall–Kier alpha value is -1.39. The van der Waals surface area contributed by atoms with Crippen LogP contribution in [0.5, 0.6) is 0 Å². The number of aliphatic hydroxyl groups excluding tert-OH is 1. The lowest BCUT2D eigenvalue weighted by molar-refractivity contribution is -0.151. The van der Waals surface area contributed by atoms with Crippen LogP contribution in [0.2, 0.25) is 0 Å². The maximum atomic E-state index is 12.9. The molecule has 9 heteroatoms. The van der Waals surface area contributed by atoms with Crippen molar-refractivity contribution < 1.29 is 23.0 Å². The number of hydrogen-bond acceptors (Lipinski definition) is 8. The summed E-state index contributed by atoms with van der Waals surface area (Å²) < 4.78 is 36.0. The minimum atomic E-state index is -3.61. The molecule has 2 aromatic heterocycles. The van der Waals surface area contributed by atoms with Gasteiger partial charge < -0.3 is 14.6 Å². The fourth-order valence-corrected chi connectivity index (χ4v) is 5.72. The van der Waals surface area contributed by atoms with Crippen molar-refractivity contribution in [3.05, 3.63) is 23.3 Å². The number of thiophene rings is 1. The van der Waals surface area contributed by atoms with Crippen LogP contribution in [-0.4, -0.2) is 54.9 Å². The van der Waals surface area contributed by atoms with Gasteiger partial charge in [-0.25, -0.2) is 18.4 Å². The van der Waals surface area contributed by atoms with E-state index < -0.39 is 27.0 Å². The second-order valence-electron chi connectivity index (χ2n) is 7.51. The summed E-state index contributed by atoms with van der Waals surface area (Å²) in [5.41, 5.74) is 2.30. The highest BCUT2D eigenvalue weighted by atomic mass is 32.2. The number of ether oxygens (including phenoxy) is 2. The molecule has 0 saturated carbocycles. The summed E-state index contributed by atoms with van der Waals surface area (Å²) >= 11 is 1.30. The third-order valence-electron chi connectivity index (χ3n) is 4.81. The summed E-state index contributed by atoms with van der Waals surface area (Å²) in [4.78, 5) is 8.40. The second kappa shape index (κ2) is 7.21. The molecule has 0 spiro atoms. The molecule has 2 aromatic rings. The molecule has 1 N–H and O–H groups in total. The van der Waals surface area contributed by atoms with Gasteiger partial charge in [-0.15, -0.1) is 11.3 Å². The van der Waals surface area contributed by atoms with E-state index >= 15 is 0 Å². The van der Waals surface area contributed by atoms with Crippen molar-refractivity contribution in [1.29, 1.82) is 0 Å². The van der Waals surface area contributed by atoms with Crippen molar-refractivity contribution in [2.24, 2.45) is 5.92 Å². The van der Waals surface area contributed by atoms with E-state index in [1.165, 1.54) is 31.9 Å². The van der Waals surface area contributed by atoms with Gasteiger partial charge in [0, 0.05) is 31.1 Å². The number of fused-ring (bicyclic) bond motifs is 1. The summed E-state index contributed by atoms with van der Waals surface area (Å²) in [7, 11) is -0.531. The average molecular weight is 413 g/mol. The number of allylic oxidation sites excluding steroid dienone is 1. The Morgan fingerprint density at radius 1 is 1.26 bits per heavy atom. The number of methoxy groups -OCH3 is 2. The summed E-state index contributed by atoms with van der Waals surface area (Å²) in [6, 6.07) is 0. The first-order valence-corrected chi connectivity index (χ1v) is 10.9. The van der Waals surface area contributed by atoms with Gasteiger partial charge in [0.1, 0.15) is 6.33 Å². The fourth-order valence-electron chi connectivity index (χ4n) is 3.21. The summed E-state index contributed by atoms with van der Waals surface area (Å²) in [6.45, 7) is 4.96. The molecule has 0 fully saturated rings. The van der Waals surface area contributed by atoms with Crippen LogP contribution in [0.3, 0.4) is 0 Å². The van der Waals surface area contributed by atoms with Crippen LogP contribution in [0.4, 0.5) is 0 Å². The van der Waals surface area contributed by atoms with E-state index in [0.29, 0.717) is 16.6 Å². The lowest BCUT2D eigenvalue weighted by Gasteiger charge is -2.23. The van der Waals surface area contributed by atoms with Crippen molar-refractivity contribution in [3.63, 3.8) is 0 Å². The number of aromatic nitrogens is 2. The third-order valence-corrected chi connectivity index (χ3v) is 8.34. The summed E-state index contributed by atoms with van der Waals surface area (Å²) in [5, 5.41) is 12.3. The van der Waals surface area contributed by atoms with E-state index in [1.807, 2.05) is 5.38 Å². The fraction of sp³-hybridized carbons (Fsp3) is 0.556. The molecule has 0 amide bonds. The number of rotatable bonds is 5. The van der Waals surface area contributed by atoms with Gasteiger partial charge in [0.2, 0.25) is 9.84 Å². The number of nitrogens with zero attached hydrogens (tertiary/aromatic N) is 2. The van der Waals surface area contributed by atoms with Gasteiger partial charge in [-0.05, 0) is 32.8 Å². The zero-order chi connectivity index (χ0) is 20.0. The highest BCUT2D eigenvalue weighted by molar-refractivity contribution is 7.93. The van der Waals surface area contributed by atoms with Crippen molar-refractivity contribution in [2.75, 3.05) is 14.2 Å². The van der Waals surface area contributed by atoms with Crippen LogP contribution in [0, 0.1) is 5.92 Å². The molecule has 0 saturated heterocycles. The van der Waals surface area contributed by atoms with E-state index in [4.69, 9.17) is 9.47 Å². The van der Waals surface area contributed by atoms with E-state index in [-0.39, 0.29) is 10.9 Å². The molecule has 0 bridgehead atoms. The van der Waals surface area contributed by atoms with Crippen LogP contribution < -0.4 is 0 Å². The van der Waals surface area contributed by atoms with Crippen LogP contribution in [0.15, 0.2) is 22.8 Å². The third kappa shape index (κ3) is 3.42. The lowest BCUT2D eigenvalue weighted by atomic mass is 10.0. The van der Waals surface area contributed by atoms with Crippen molar-refractivity contribution in [1.82, 2.24) is 9.97 Å². The van der Waals surface area contributed by atoms with Crippen LogP contribution in [-0.2, 0) is 19.3 Å². The Kier molecular flexibility index (Phi) is 5.44. The van der Waals surface area contributed by atoms with Crippen LogP contribution >= 0.6 is 11.3 Å². The van der Waals surface area contributed by atoms with Gasteiger partial charge >= 0.3 is 0 Å². The zero-order valence-electron chi connectivity index (χ0n) is 16.0. The average Bonchev–Trinajstić information content (AvgIpc) is 3.18. The Morgan fingerprint density at radius 3 is 2.52 bits per heavy atom. The van der Waals surface area contributed by atoms with Crippen LogP contribution in [0.1, 0.15) is 32.8 Å². The first-order chi connectivity index (χ1) is 12.6. The molecule has 3 rings (SSSR count). The Labute approximate surface area is 163 Å². The maximum Gasteiger partial charge on any atom is 0.202 e. The normalized spacial score (nSPS) is 21.2. The van der Waals surface area contributed by atoms with Gasteiger partial charge in [-0.3, -0.25) is 0 Å². The van der Waals surface area contributed by atoms with E-state index in [9.17, 15) is 13.5 Å². The van der Waals surface area contributed by atoms with Crippen molar-refractivity contribution >= 4 is 37.0 Å². The van der Waals surface area contributed by atoms with Gasteiger partial charge in [0.15, 0.2) is 11.3 Å².